The first kappa shape index (κ1) is 12.5. The van der Waals surface area contributed by atoms with Gasteiger partial charge in [-0.15, -0.1) is 0 Å². The van der Waals surface area contributed by atoms with Crippen LogP contribution in [0.4, 0.5) is 11.4 Å². The number of halogens is 1. The number of para-hydroxylation sites is 1. The van der Waals surface area contributed by atoms with E-state index in [4.69, 9.17) is 22.1 Å². The number of anilines is 2. The van der Waals surface area contributed by atoms with Crippen molar-refractivity contribution in [2.75, 3.05) is 30.8 Å². The third-order valence-corrected chi connectivity index (χ3v) is 3.52. The summed E-state index contributed by atoms with van der Waals surface area (Å²) in [4.78, 5) is 2.12. The van der Waals surface area contributed by atoms with E-state index in [-0.39, 0.29) is 0 Å². The van der Waals surface area contributed by atoms with Crippen LogP contribution in [-0.4, -0.2) is 26.3 Å². The summed E-state index contributed by atoms with van der Waals surface area (Å²) < 4.78 is 5.72. The summed E-state index contributed by atoms with van der Waals surface area (Å²) in [6.07, 6.45) is 3.88. The van der Waals surface area contributed by atoms with Crippen LogP contribution in [0.5, 0.6) is 0 Å². The molecule has 1 aliphatic heterocycles. The molecular formula is C13H19ClN2O. The maximum absolute atomic E-state index is 6.02. The molecule has 3 nitrogen and oxygen atoms in total. The van der Waals surface area contributed by atoms with Crippen LogP contribution in [0.15, 0.2) is 18.2 Å². The van der Waals surface area contributed by atoms with Gasteiger partial charge in [-0.25, -0.2) is 0 Å². The van der Waals surface area contributed by atoms with Crippen LogP contribution < -0.4 is 10.6 Å². The summed E-state index contributed by atoms with van der Waals surface area (Å²) in [7, 11) is 2.03. The second-order valence-electron chi connectivity index (χ2n) is 4.54. The lowest BCUT2D eigenvalue weighted by Crippen LogP contribution is -2.33. The fourth-order valence-corrected chi connectivity index (χ4v) is 2.38. The van der Waals surface area contributed by atoms with Gasteiger partial charge in [-0.05, 0) is 31.4 Å². The normalized spacial score (nSPS) is 20.2. The fourth-order valence-electron chi connectivity index (χ4n) is 2.21. The number of rotatable bonds is 3. The van der Waals surface area contributed by atoms with Gasteiger partial charge in [0.15, 0.2) is 0 Å². The Kier molecular flexibility index (Phi) is 4.13. The minimum atomic E-state index is 0.312. The summed E-state index contributed by atoms with van der Waals surface area (Å²) in [5, 5.41) is 0.610. The van der Waals surface area contributed by atoms with Crippen molar-refractivity contribution < 1.29 is 4.74 Å². The summed E-state index contributed by atoms with van der Waals surface area (Å²) >= 11 is 6.02. The molecule has 1 aromatic carbocycles. The Labute approximate surface area is 107 Å². The highest BCUT2D eigenvalue weighted by Crippen LogP contribution is 2.29. The van der Waals surface area contributed by atoms with Crippen LogP contribution in [0, 0.1) is 0 Å². The lowest BCUT2D eigenvalue weighted by molar-refractivity contribution is 0.0216. The van der Waals surface area contributed by atoms with Crippen LogP contribution in [0.2, 0.25) is 5.02 Å². The van der Waals surface area contributed by atoms with Crippen molar-refractivity contribution in [3.05, 3.63) is 23.2 Å². The topological polar surface area (TPSA) is 38.5 Å². The van der Waals surface area contributed by atoms with Gasteiger partial charge >= 0.3 is 0 Å². The summed E-state index contributed by atoms with van der Waals surface area (Å²) in [6.45, 7) is 1.74. The summed E-state index contributed by atoms with van der Waals surface area (Å²) in [5.74, 6) is 0. The number of nitrogens with two attached hydrogens (primary N) is 1. The molecule has 0 aliphatic carbocycles. The second kappa shape index (κ2) is 5.61. The van der Waals surface area contributed by atoms with Crippen molar-refractivity contribution in [3.63, 3.8) is 0 Å². The molecule has 1 aliphatic rings. The van der Waals surface area contributed by atoms with Gasteiger partial charge < -0.3 is 15.4 Å². The van der Waals surface area contributed by atoms with Gasteiger partial charge in [-0.2, -0.15) is 0 Å². The van der Waals surface area contributed by atoms with Crippen molar-refractivity contribution in [3.8, 4) is 0 Å². The predicted octanol–water partition coefficient (Wildman–Crippen LogP) is 2.93. The molecule has 17 heavy (non-hydrogen) atoms. The smallest absolute Gasteiger partial charge is 0.0749 e. The average Bonchev–Trinajstić information content (AvgIpc) is 2.34. The molecule has 1 heterocycles. The molecule has 0 saturated carbocycles. The maximum Gasteiger partial charge on any atom is 0.0749 e. The van der Waals surface area contributed by atoms with E-state index in [9.17, 15) is 0 Å². The highest BCUT2D eigenvalue weighted by molar-refractivity contribution is 6.33. The lowest BCUT2D eigenvalue weighted by Gasteiger charge is -2.29. The summed E-state index contributed by atoms with van der Waals surface area (Å²) in [6, 6.07) is 5.72. The Morgan fingerprint density at radius 2 is 2.29 bits per heavy atom. The number of nitrogen functional groups attached to an aromatic ring is 1. The van der Waals surface area contributed by atoms with Crippen molar-refractivity contribution in [1.29, 1.82) is 0 Å². The zero-order chi connectivity index (χ0) is 12.3. The fraction of sp³-hybridized carbons (Fsp3) is 0.538. The van der Waals surface area contributed by atoms with Crippen LogP contribution in [0.25, 0.3) is 0 Å². The molecule has 94 valence electrons. The van der Waals surface area contributed by atoms with E-state index in [1.165, 1.54) is 12.8 Å². The van der Waals surface area contributed by atoms with Crippen molar-refractivity contribution in [2.24, 2.45) is 0 Å². The van der Waals surface area contributed by atoms with E-state index >= 15 is 0 Å². The number of likely N-dealkylation sites (N-methyl/N-ethyl adjacent to an activating group) is 1. The molecule has 0 radical (unpaired) electrons. The first-order valence-electron chi connectivity index (χ1n) is 6.05. The standard InChI is InChI=1S/C13H19ClN2O/c1-16(9-10-5-2-3-8-17-10)12-7-4-6-11(14)13(12)15/h4,6-7,10H,2-3,5,8-9,15H2,1H3. The molecule has 0 amide bonds. The van der Waals surface area contributed by atoms with Crippen LogP contribution in [-0.2, 0) is 4.74 Å². The highest BCUT2D eigenvalue weighted by atomic mass is 35.5. The van der Waals surface area contributed by atoms with Gasteiger partial charge in [0.05, 0.1) is 22.5 Å². The number of ether oxygens (including phenoxy) is 1. The Hall–Kier alpha value is -0.930. The molecule has 0 aromatic heterocycles. The van der Waals surface area contributed by atoms with E-state index in [1.54, 1.807) is 0 Å². The van der Waals surface area contributed by atoms with Gasteiger partial charge in [0.25, 0.3) is 0 Å². The Balaban J connectivity index is 2.03. The van der Waals surface area contributed by atoms with Gasteiger partial charge in [-0.1, -0.05) is 17.7 Å². The first-order chi connectivity index (χ1) is 8.18. The van der Waals surface area contributed by atoms with Crippen LogP contribution >= 0.6 is 11.6 Å². The van der Waals surface area contributed by atoms with Crippen LogP contribution in [0.3, 0.4) is 0 Å². The monoisotopic (exact) mass is 254 g/mol. The van der Waals surface area contributed by atoms with Gasteiger partial charge in [0.1, 0.15) is 0 Å². The molecule has 1 unspecified atom stereocenters. The molecule has 2 N–H and O–H groups in total. The van der Waals surface area contributed by atoms with Crippen molar-refractivity contribution in [2.45, 2.75) is 25.4 Å². The molecule has 1 fully saturated rings. The Bertz CT molecular complexity index is 378. The van der Waals surface area contributed by atoms with Crippen molar-refractivity contribution >= 4 is 23.0 Å². The van der Waals surface area contributed by atoms with Gasteiger partial charge in [-0.3, -0.25) is 0 Å². The van der Waals surface area contributed by atoms with E-state index in [0.717, 1.165) is 25.3 Å². The third-order valence-electron chi connectivity index (χ3n) is 3.19. The van der Waals surface area contributed by atoms with E-state index in [1.807, 2.05) is 25.2 Å². The minimum absolute atomic E-state index is 0.312. The molecule has 4 heteroatoms. The number of benzene rings is 1. The van der Waals surface area contributed by atoms with E-state index in [2.05, 4.69) is 4.90 Å². The van der Waals surface area contributed by atoms with E-state index < -0.39 is 0 Å². The number of hydrogen-bond acceptors (Lipinski definition) is 3. The Morgan fingerprint density at radius 1 is 1.47 bits per heavy atom. The summed E-state index contributed by atoms with van der Waals surface area (Å²) in [5.41, 5.74) is 7.60. The quantitative estimate of drug-likeness (QED) is 0.843. The lowest BCUT2D eigenvalue weighted by atomic mass is 10.1. The minimum Gasteiger partial charge on any atom is -0.396 e. The Morgan fingerprint density at radius 3 is 3.00 bits per heavy atom. The second-order valence-corrected chi connectivity index (χ2v) is 4.95. The molecule has 2 rings (SSSR count). The molecule has 0 bridgehead atoms. The molecule has 1 atom stereocenters. The molecular weight excluding hydrogens is 236 g/mol. The number of hydrogen-bond donors (Lipinski definition) is 1. The highest BCUT2D eigenvalue weighted by Gasteiger charge is 2.17. The zero-order valence-electron chi connectivity index (χ0n) is 10.2. The van der Waals surface area contributed by atoms with Crippen LogP contribution in [0.1, 0.15) is 19.3 Å². The predicted molar refractivity (Wildman–Crippen MR) is 72.7 cm³/mol. The molecule has 1 aromatic rings. The molecule has 1 saturated heterocycles. The zero-order valence-corrected chi connectivity index (χ0v) is 10.9. The SMILES string of the molecule is CN(CC1CCCCO1)c1cccc(Cl)c1N. The molecule has 0 spiro atoms. The first-order valence-corrected chi connectivity index (χ1v) is 6.43. The van der Waals surface area contributed by atoms with Crippen molar-refractivity contribution in [1.82, 2.24) is 0 Å². The number of nitrogens with zero attached hydrogens (tertiary/aromatic N) is 1. The maximum atomic E-state index is 6.02. The van der Waals surface area contributed by atoms with Gasteiger partial charge in [0.2, 0.25) is 0 Å². The average molecular weight is 255 g/mol. The van der Waals surface area contributed by atoms with Gasteiger partial charge in [0, 0.05) is 20.2 Å². The van der Waals surface area contributed by atoms with E-state index in [0.29, 0.717) is 16.8 Å². The largest absolute Gasteiger partial charge is 0.396 e. The third kappa shape index (κ3) is 3.05.